The molecule has 4 aromatic rings. The molecule has 1 aromatic heterocycles. The Labute approximate surface area is 235 Å². The molecule has 38 heavy (non-hydrogen) atoms. The maximum atomic E-state index is 13.4. The Morgan fingerprint density at radius 1 is 0.921 bits per heavy atom. The highest BCUT2D eigenvalue weighted by atomic mass is 35.5. The summed E-state index contributed by atoms with van der Waals surface area (Å²) in [6, 6.07) is 19.3. The minimum absolute atomic E-state index is 0.128. The fraction of sp³-hybridized carbons (Fsp3) is 0.179. The summed E-state index contributed by atoms with van der Waals surface area (Å²) in [5.74, 6) is -0.596. The number of hydrogen-bond acceptors (Lipinski definition) is 4. The number of anilines is 1. The summed E-state index contributed by atoms with van der Waals surface area (Å²) in [5.41, 5.74) is 3.89. The molecular weight excluding hydrogens is 545 g/mol. The fourth-order valence-corrected chi connectivity index (χ4v) is 5.09. The SMILES string of the molecule is Cc1c(C(=O)Nc2cccc(C(=O)NC3CN(C)C3)c2)nn(-c2ccc(Cl)cc2Cl)c1-c1ccc(Cl)cc1. The molecule has 3 aromatic carbocycles. The van der Waals surface area contributed by atoms with E-state index in [0.29, 0.717) is 43.3 Å². The Balaban J connectivity index is 1.47. The summed E-state index contributed by atoms with van der Waals surface area (Å²) < 4.78 is 1.63. The zero-order valence-corrected chi connectivity index (χ0v) is 22.9. The van der Waals surface area contributed by atoms with Gasteiger partial charge in [-0.2, -0.15) is 5.10 Å². The zero-order valence-electron chi connectivity index (χ0n) is 20.6. The first kappa shape index (κ1) is 26.3. The van der Waals surface area contributed by atoms with Gasteiger partial charge in [-0.25, -0.2) is 4.68 Å². The molecule has 0 unspecified atom stereocenters. The number of carbonyl (C=O) groups is 2. The molecule has 7 nitrogen and oxygen atoms in total. The van der Waals surface area contributed by atoms with Crippen LogP contribution in [0.3, 0.4) is 0 Å². The molecule has 1 fully saturated rings. The largest absolute Gasteiger partial charge is 0.347 e. The Morgan fingerprint density at radius 2 is 1.63 bits per heavy atom. The minimum atomic E-state index is -0.417. The molecule has 0 saturated carbocycles. The molecule has 1 aliphatic rings. The molecule has 2 N–H and O–H groups in total. The van der Waals surface area contributed by atoms with E-state index in [4.69, 9.17) is 34.8 Å². The van der Waals surface area contributed by atoms with Crippen LogP contribution in [0.5, 0.6) is 0 Å². The third-order valence-corrected chi connectivity index (χ3v) is 7.16. The van der Waals surface area contributed by atoms with Gasteiger partial charge in [-0.05, 0) is 62.5 Å². The van der Waals surface area contributed by atoms with Crippen LogP contribution in [-0.4, -0.2) is 52.7 Å². The molecule has 1 saturated heterocycles. The zero-order chi connectivity index (χ0) is 27.0. The molecule has 0 spiro atoms. The Bertz CT molecular complexity index is 1530. The number of benzene rings is 3. The van der Waals surface area contributed by atoms with E-state index >= 15 is 0 Å². The van der Waals surface area contributed by atoms with E-state index in [1.165, 1.54) is 0 Å². The van der Waals surface area contributed by atoms with Crippen molar-refractivity contribution < 1.29 is 9.59 Å². The predicted molar refractivity (Wildman–Crippen MR) is 152 cm³/mol. The number of rotatable bonds is 6. The molecule has 194 valence electrons. The van der Waals surface area contributed by atoms with Gasteiger partial charge in [0.1, 0.15) is 0 Å². The van der Waals surface area contributed by atoms with Crippen LogP contribution in [0.15, 0.2) is 66.7 Å². The van der Waals surface area contributed by atoms with Crippen LogP contribution in [0.4, 0.5) is 5.69 Å². The average molecular weight is 569 g/mol. The van der Waals surface area contributed by atoms with Gasteiger partial charge in [0.05, 0.1) is 22.4 Å². The topological polar surface area (TPSA) is 79.3 Å². The number of hydrogen-bond donors (Lipinski definition) is 2. The van der Waals surface area contributed by atoms with Gasteiger partial charge in [0.2, 0.25) is 0 Å². The molecule has 0 radical (unpaired) electrons. The third-order valence-electron chi connectivity index (χ3n) is 6.37. The summed E-state index contributed by atoms with van der Waals surface area (Å²) in [6.07, 6.45) is 0. The van der Waals surface area contributed by atoms with Crippen LogP contribution in [-0.2, 0) is 0 Å². The molecule has 1 aliphatic heterocycles. The maximum Gasteiger partial charge on any atom is 0.276 e. The molecule has 5 rings (SSSR count). The smallest absolute Gasteiger partial charge is 0.276 e. The lowest BCUT2D eigenvalue weighted by molar-refractivity contribution is 0.0857. The van der Waals surface area contributed by atoms with E-state index in [1.54, 1.807) is 59.3 Å². The average Bonchev–Trinajstić information content (AvgIpc) is 3.20. The number of halogens is 3. The van der Waals surface area contributed by atoms with Crippen molar-refractivity contribution in [2.75, 3.05) is 25.5 Å². The molecule has 0 bridgehead atoms. The van der Waals surface area contributed by atoms with Crippen molar-refractivity contribution in [2.45, 2.75) is 13.0 Å². The van der Waals surface area contributed by atoms with Crippen molar-refractivity contribution in [1.82, 2.24) is 20.0 Å². The first-order valence-corrected chi connectivity index (χ1v) is 13.0. The second-order valence-corrected chi connectivity index (χ2v) is 10.5. The van der Waals surface area contributed by atoms with Crippen LogP contribution >= 0.6 is 34.8 Å². The van der Waals surface area contributed by atoms with Gasteiger partial charge in [-0.1, -0.05) is 53.0 Å². The van der Waals surface area contributed by atoms with Crippen molar-refractivity contribution in [2.24, 2.45) is 0 Å². The van der Waals surface area contributed by atoms with E-state index in [-0.39, 0.29) is 17.6 Å². The standard InChI is InChI=1S/C28H24Cl3N5O2/c1-16-25(28(38)32-21-5-3-4-18(12-21)27(37)33-22-14-35(2)15-22)34-36(24-11-10-20(30)13-23(24)31)26(16)17-6-8-19(29)9-7-17/h3-13,22H,14-15H2,1-2H3,(H,32,38)(H,33,37). The van der Waals surface area contributed by atoms with Gasteiger partial charge in [0.15, 0.2) is 5.69 Å². The molecule has 2 heterocycles. The van der Waals surface area contributed by atoms with Crippen molar-refractivity contribution in [1.29, 1.82) is 0 Å². The van der Waals surface area contributed by atoms with E-state index in [1.807, 2.05) is 26.1 Å². The lowest BCUT2D eigenvalue weighted by Gasteiger charge is -2.36. The van der Waals surface area contributed by atoms with Crippen LogP contribution < -0.4 is 10.6 Å². The first-order chi connectivity index (χ1) is 18.2. The Hall–Kier alpha value is -3.36. The van der Waals surface area contributed by atoms with Crippen LogP contribution in [0.25, 0.3) is 16.9 Å². The summed E-state index contributed by atoms with van der Waals surface area (Å²) in [4.78, 5) is 28.2. The van der Waals surface area contributed by atoms with Crippen LogP contribution in [0.1, 0.15) is 26.4 Å². The number of likely N-dealkylation sites (N-methyl/N-ethyl adjacent to an activating group) is 1. The Kier molecular flexibility index (Phi) is 7.45. The molecule has 0 atom stereocenters. The third kappa shape index (κ3) is 5.42. The number of nitrogens with zero attached hydrogens (tertiary/aromatic N) is 3. The van der Waals surface area contributed by atoms with Crippen LogP contribution in [0, 0.1) is 6.92 Å². The first-order valence-electron chi connectivity index (χ1n) is 11.9. The molecule has 10 heteroatoms. The summed E-state index contributed by atoms with van der Waals surface area (Å²) in [5, 5.41) is 12.0. The van der Waals surface area contributed by atoms with E-state index in [2.05, 4.69) is 20.6 Å². The lowest BCUT2D eigenvalue weighted by Crippen LogP contribution is -2.57. The number of likely N-dealkylation sites (tertiary alicyclic amines) is 1. The highest BCUT2D eigenvalue weighted by molar-refractivity contribution is 6.35. The summed E-state index contributed by atoms with van der Waals surface area (Å²) >= 11 is 18.7. The highest BCUT2D eigenvalue weighted by Gasteiger charge is 2.26. The van der Waals surface area contributed by atoms with Crippen LogP contribution in [0.2, 0.25) is 15.1 Å². The van der Waals surface area contributed by atoms with Gasteiger partial charge < -0.3 is 15.5 Å². The molecule has 0 aliphatic carbocycles. The minimum Gasteiger partial charge on any atom is -0.347 e. The van der Waals surface area contributed by atoms with Gasteiger partial charge in [-0.15, -0.1) is 0 Å². The highest BCUT2D eigenvalue weighted by Crippen LogP contribution is 2.33. The van der Waals surface area contributed by atoms with Crippen molar-refractivity contribution in [3.8, 4) is 16.9 Å². The van der Waals surface area contributed by atoms with Crippen molar-refractivity contribution in [3.63, 3.8) is 0 Å². The van der Waals surface area contributed by atoms with E-state index in [9.17, 15) is 9.59 Å². The Morgan fingerprint density at radius 3 is 2.32 bits per heavy atom. The fourth-order valence-electron chi connectivity index (χ4n) is 4.47. The number of carbonyl (C=O) groups excluding carboxylic acids is 2. The number of amides is 2. The number of aromatic nitrogens is 2. The normalized spacial score (nSPS) is 13.7. The maximum absolute atomic E-state index is 13.4. The molecular formula is C28H24Cl3N5O2. The summed E-state index contributed by atoms with van der Waals surface area (Å²) in [6.45, 7) is 3.46. The van der Waals surface area contributed by atoms with Gasteiger partial charge in [0.25, 0.3) is 11.8 Å². The van der Waals surface area contributed by atoms with E-state index < -0.39 is 5.91 Å². The van der Waals surface area contributed by atoms with Gasteiger partial charge >= 0.3 is 0 Å². The summed E-state index contributed by atoms with van der Waals surface area (Å²) in [7, 11) is 2.00. The van der Waals surface area contributed by atoms with E-state index in [0.717, 1.165) is 18.7 Å². The van der Waals surface area contributed by atoms with Gasteiger partial charge in [-0.3, -0.25) is 9.59 Å². The second-order valence-electron chi connectivity index (χ2n) is 9.26. The predicted octanol–water partition coefficient (Wildman–Crippen LogP) is 6.10. The second kappa shape index (κ2) is 10.8. The van der Waals surface area contributed by atoms with Crippen molar-refractivity contribution in [3.05, 3.63) is 98.6 Å². The van der Waals surface area contributed by atoms with Gasteiger partial charge in [0, 0.05) is 45.5 Å². The lowest BCUT2D eigenvalue weighted by atomic mass is 10.1. The quantitative estimate of drug-likeness (QED) is 0.294. The molecule has 2 amide bonds. The number of nitrogens with one attached hydrogen (secondary N) is 2. The monoisotopic (exact) mass is 567 g/mol. The van der Waals surface area contributed by atoms with Crippen molar-refractivity contribution >= 4 is 52.3 Å².